The molecule has 0 fully saturated rings. The minimum Gasteiger partial charge on any atom is -0.388 e. The van der Waals surface area contributed by atoms with Crippen LogP contribution in [0.2, 0.25) is 19.6 Å². The first-order valence-corrected chi connectivity index (χ1v) is 9.64. The van der Waals surface area contributed by atoms with Crippen molar-refractivity contribution >= 4 is 8.07 Å². The first-order valence-electron chi connectivity index (χ1n) is 6.07. The van der Waals surface area contributed by atoms with Gasteiger partial charge in [0.15, 0.2) is 0 Å². The zero-order valence-corrected chi connectivity index (χ0v) is 12.1. The number of benzene rings is 1. The Labute approximate surface area is 106 Å². The lowest BCUT2D eigenvalue weighted by atomic mass is 9.98. The molecule has 0 heterocycles. The van der Waals surface area contributed by atoms with E-state index in [-0.39, 0.29) is 5.92 Å². The zero-order chi connectivity index (χ0) is 12.9. The van der Waals surface area contributed by atoms with Gasteiger partial charge in [0.25, 0.3) is 0 Å². The lowest BCUT2D eigenvalue weighted by Gasteiger charge is -2.15. The van der Waals surface area contributed by atoms with Gasteiger partial charge in [-0.05, 0) is 11.6 Å². The van der Waals surface area contributed by atoms with Crippen LogP contribution in [0.25, 0.3) is 0 Å². The molecule has 1 aromatic rings. The summed E-state index contributed by atoms with van der Waals surface area (Å²) in [6.07, 6.45) is 1.52. The average molecular weight is 246 g/mol. The van der Waals surface area contributed by atoms with Crippen LogP contribution in [-0.2, 0) is 0 Å². The summed E-state index contributed by atoms with van der Waals surface area (Å²) in [4.78, 5) is 0. The van der Waals surface area contributed by atoms with Crippen LogP contribution in [0, 0.1) is 5.92 Å². The minimum atomic E-state index is -1.19. The predicted octanol–water partition coefficient (Wildman–Crippen LogP) is 3.94. The highest BCUT2D eigenvalue weighted by atomic mass is 28.3. The van der Waals surface area contributed by atoms with Gasteiger partial charge in [-0.2, -0.15) is 0 Å². The van der Waals surface area contributed by atoms with Crippen LogP contribution in [0.3, 0.4) is 0 Å². The normalized spacial score (nSPS) is 14.6. The monoisotopic (exact) mass is 246 g/mol. The molecule has 0 aliphatic carbocycles. The molecule has 0 amide bonds. The van der Waals surface area contributed by atoms with E-state index in [1.54, 1.807) is 0 Å². The maximum Gasteiger partial charge on any atom is 0.0856 e. The molecule has 92 valence electrons. The van der Waals surface area contributed by atoms with Crippen LogP contribution in [0.1, 0.15) is 18.6 Å². The van der Waals surface area contributed by atoms with Gasteiger partial charge in [0, 0.05) is 5.92 Å². The topological polar surface area (TPSA) is 20.2 Å². The summed E-state index contributed by atoms with van der Waals surface area (Å²) < 4.78 is 0. The Hall–Kier alpha value is -1.08. The molecule has 17 heavy (non-hydrogen) atoms. The fourth-order valence-corrected chi connectivity index (χ4v) is 2.09. The maximum absolute atomic E-state index is 10.1. The van der Waals surface area contributed by atoms with Crippen LogP contribution >= 0.6 is 0 Å². The molecule has 1 unspecified atom stereocenters. The van der Waals surface area contributed by atoms with Crippen molar-refractivity contribution in [1.82, 2.24) is 0 Å². The van der Waals surface area contributed by atoms with Gasteiger partial charge >= 0.3 is 0 Å². The third-order valence-corrected chi connectivity index (χ3v) is 3.55. The molecule has 1 rings (SSSR count). The second kappa shape index (κ2) is 6.01. The van der Waals surface area contributed by atoms with E-state index in [1.807, 2.05) is 43.3 Å². The second-order valence-electron chi connectivity index (χ2n) is 5.56. The summed E-state index contributed by atoms with van der Waals surface area (Å²) >= 11 is 0. The fraction of sp³-hybridized carbons (Fsp3) is 0.400. The van der Waals surface area contributed by atoms with Gasteiger partial charge in [-0.15, -0.1) is 5.73 Å². The van der Waals surface area contributed by atoms with Gasteiger partial charge < -0.3 is 5.11 Å². The van der Waals surface area contributed by atoms with Crippen molar-refractivity contribution in [3.8, 4) is 0 Å². The van der Waals surface area contributed by atoms with E-state index in [2.05, 4.69) is 31.1 Å². The van der Waals surface area contributed by atoms with Crippen molar-refractivity contribution in [1.29, 1.82) is 0 Å². The Morgan fingerprint density at radius 2 is 1.76 bits per heavy atom. The molecule has 1 nitrogen and oxygen atoms in total. The van der Waals surface area contributed by atoms with Crippen LogP contribution in [0.15, 0.2) is 47.8 Å². The smallest absolute Gasteiger partial charge is 0.0856 e. The number of aliphatic hydroxyl groups excluding tert-OH is 1. The van der Waals surface area contributed by atoms with Crippen molar-refractivity contribution < 1.29 is 5.11 Å². The van der Waals surface area contributed by atoms with Crippen LogP contribution in [0.5, 0.6) is 0 Å². The van der Waals surface area contributed by atoms with Crippen LogP contribution < -0.4 is 0 Å². The van der Waals surface area contributed by atoms with E-state index >= 15 is 0 Å². The quantitative estimate of drug-likeness (QED) is 0.630. The summed E-state index contributed by atoms with van der Waals surface area (Å²) in [6.45, 7) is 8.83. The molecule has 0 radical (unpaired) electrons. The Balaban J connectivity index is 2.72. The molecule has 2 heteroatoms. The first-order chi connectivity index (χ1) is 7.90. The standard InChI is InChI=1S/C15H22OSi/c1-13(9-8-12-17(2,3)4)15(16)14-10-6-5-7-11-14/h5-7,9-13,15-16H,1-4H3/t8?,13-,15?/m0/s1. The van der Waals surface area contributed by atoms with E-state index in [9.17, 15) is 5.11 Å². The fourth-order valence-electron chi connectivity index (χ4n) is 1.49. The Bertz CT molecular complexity index is 397. The van der Waals surface area contributed by atoms with Gasteiger partial charge in [0.1, 0.15) is 0 Å². The van der Waals surface area contributed by atoms with E-state index < -0.39 is 14.2 Å². The third kappa shape index (κ3) is 5.18. The second-order valence-corrected chi connectivity index (χ2v) is 10.6. The molecular weight excluding hydrogens is 224 g/mol. The maximum atomic E-state index is 10.1. The van der Waals surface area contributed by atoms with Crippen molar-refractivity contribution in [2.24, 2.45) is 5.92 Å². The molecule has 0 aromatic heterocycles. The first kappa shape index (κ1) is 14.0. The van der Waals surface area contributed by atoms with Gasteiger partial charge in [-0.1, -0.05) is 62.6 Å². The van der Waals surface area contributed by atoms with Gasteiger partial charge in [-0.3, -0.25) is 0 Å². The number of aliphatic hydroxyl groups is 1. The Morgan fingerprint density at radius 3 is 2.29 bits per heavy atom. The number of rotatable bonds is 4. The highest BCUT2D eigenvalue weighted by molar-refractivity contribution is 6.80. The molecule has 0 aliphatic heterocycles. The molecule has 2 atom stereocenters. The van der Waals surface area contributed by atoms with Crippen molar-refractivity contribution in [2.75, 3.05) is 0 Å². The van der Waals surface area contributed by atoms with Crippen molar-refractivity contribution in [3.05, 3.63) is 53.4 Å². The molecule has 0 spiro atoms. The summed E-state index contributed by atoms with van der Waals surface area (Å²) in [7, 11) is -1.19. The van der Waals surface area contributed by atoms with E-state index in [1.165, 1.54) is 0 Å². The molecular formula is C15H22OSi. The Morgan fingerprint density at radius 1 is 1.18 bits per heavy atom. The Kier molecular flexibility index (Phi) is 4.95. The highest BCUT2D eigenvalue weighted by Gasteiger charge is 2.13. The highest BCUT2D eigenvalue weighted by Crippen LogP contribution is 2.22. The van der Waals surface area contributed by atoms with Gasteiger partial charge in [0.2, 0.25) is 0 Å². The summed E-state index contributed by atoms with van der Waals surface area (Å²) in [6, 6.07) is 9.77. The van der Waals surface area contributed by atoms with Crippen molar-refractivity contribution in [3.63, 3.8) is 0 Å². The molecule has 1 aromatic carbocycles. The van der Waals surface area contributed by atoms with Crippen LogP contribution in [-0.4, -0.2) is 13.2 Å². The van der Waals surface area contributed by atoms with E-state index in [4.69, 9.17) is 0 Å². The lowest BCUT2D eigenvalue weighted by molar-refractivity contribution is 0.140. The van der Waals surface area contributed by atoms with Gasteiger partial charge in [-0.25, -0.2) is 0 Å². The summed E-state index contributed by atoms with van der Waals surface area (Å²) in [5, 5.41) is 10.1. The van der Waals surface area contributed by atoms with Crippen molar-refractivity contribution in [2.45, 2.75) is 32.7 Å². The molecule has 1 N–H and O–H groups in total. The van der Waals surface area contributed by atoms with E-state index in [0.29, 0.717) is 0 Å². The largest absolute Gasteiger partial charge is 0.388 e. The van der Waals surface area contributed by atoms with Gasteiger partial charge in [0.05, 0.1) is 14.2 Å². The predicted molar refractivity (Wildman–Crippen MR) is 76.6 cm³/mol. The summed E-state index contributed by atoms with van der Waals surface area (Å²) in [5.41, 5.74) is 6.36. The number of hydrogen-bond donors (Lipinski definition) is 1. The molecule has 0 bridgehead atoms. The minimum absolute atomic E-state index is 0.0880. The molecule has 0 saturated carbocycles. The average Bonchev–Trinajstić information content (AvgIpc) is 2.27. The van der Waals surface area contributed by atoms with Crippen LogP contribution in [0.4, 0.5) is 0 Å². The zero-order valence-electron chi connectivity index (χ0n) is 11.1. The molecule has 0 saturated heterocycles. The SMILES string of the molecule is C[C@@H](C=C=C[Si](C)(C)C)C(O)c1ccccc1. The summed E-state index contributed by atoms with van der Waals surface area (Å²) in [5.74, 6) is 0.0880. The number of hydrogen-bond acceptors (Lipinski definition) is 1. The van der Waals surface area contributed by atoms with E-state index in [0.717, 1.165) is 5.56 Å². The lowest BCUT2D eigenvalue weighted by Crippen LogP contribution is -2.14. The third-order valence-electron chi connectivity index (χ3n) is 2.51. The molecule has 0 aliphatic rings.